The molecule has 3 rings (SSSR count). The first kappa shape index (κ1) is 17.4. The van der Waals surface area contributed by atoms with Crippen molar-refractivity contribution in [1.82, 2.24) is 20.2 Å². The average Bonchev–Trinajstić information content (AvgIpc) is 3.09. The van der Waals surface area contributed by atoms with Gasteiger partial charge in [-0.05, 0) is 46.7 Å². The fraction of sp³-hybridized carbons (Fsp3) is 0.778. The largest absolute Gasteiger partial charge is 0.356 e. The molecule has 0 atom stereocenters. The van der Waals surface area contributed by atoms with E-state index < -0.39 is 0 Å². The van der Waals surface area contributed by atoms with Crippen molar-refractivity contribution >= 4 is 11.8 Å². The minimum atomic E-state index is 0.641. The Morgan fingerprint density at radius 2 is 1.79 bits per heavy atom. The fourth-order valence-electron chi connectivity index (χ4n) is 3.56. The summed E-state index contributed by atoms with van der Waals surface area (Å²) in [5.41, 5.74) is 1.08. The monoisotopic (exact) mass is 332 g/mol. The summed E-state index contributed by atoms with van der Waals surface area (Å²) in [6.07, 6.45) is 4.90. The second-order valence-electron chi connectivity index (χ2n) is 7.38. The summed E-state index contributed by atoms with van der Waals surface area (Å²) in [7, 11) is 4.25. The predicted octanol–water partition coefficient (Wildman–Crippen LogP) is 1.51. The fourth-order valence-corrected chi connectivity index (χ4v) is 3.56. The number of anilines is 2. The molecule has 3 heterocycles. The van der Waals surface area contributed by atoms with Crippen molar-refractivity contribution in [3.63, 3.8) is 0 Å². The highest BCUT2D eigenvalue weighted by Gasteiger charge is 2.22. The highest BCUT2D eigenvalue weighted by Crippen LogP contribution is 2.23. The van der Waals surface area contributed by atoms with Crippen LogP contribution in [0.4, 0.5) is 11.8 Å². The zero-order valence-electron chi connectivity index (χ0n) is 15.5. The Bertz CT molecular complexity index is 518. The first-order valence-corrected chi connectivity index (χ1v) is 9.35. The maximum absolute atomic E-state index is 4.86. The molecule has 2 aliphatic heterocycles. The lowest BCUT2D eigenvalue weighted by molar-refractivity contribution is 0.358. The van der Waals surface area contributed by atoms with Crippen LogP contribution >= 0.6 is 0 Å². The van der Waals surface area contributed by atoms with E-state index in [1.54, 1.807) is 0 Å². The van der Waals surface area contributed by atoms with E-state index in [9.17, 15) is 0 Å². The summed E-state index contributed by atoms with van der Waals surface area (Å²) >= 11 is 0. The lowest BCUT2D eigenvalue weighted by Gasteiger charge is -2.34. The van der Waals surface area contributed by atoms with E-state index in [0.717, 1.165) is 56.7 Å². The maximum atomic E-state index is 4.86. The average molecular weight is 332 g/mol. The van der Waals surface area contributed by atoms with Crippen LogP contribution in [0, 0.1) is 6.92 Å². The van der Waals surface area contributed by atoms with Crippen LogP contribution in [0.25, 0.3) is 0 Å². The van der Waals surface area contributed by atoms with Crippen LogP contribution in [0.5, 0.6) is 0 Å². The Kier molecular flexibility index (Phi) is 5.89. The number of hydrogen-bond donors (Lipinski definition) is 1. The van der Waals surface area contributed by atoms with Gasteiger partial charge in [0.2, 0.25) is 5.95 Å². The van der Waals surface area contributed by atoms with Crippen LogP contribution in [-0.4, -0.2) is 74.3 Å². The number of rotatable bonds is 6. The van der Waals surface area contributed by atoms with E-state index in [4.69, 9.17) is 4.98 Å². The Labute approximate surface area is 146 Å². The second-order valence-corrected chi connectivity index (χ2v) is 7.38. The Morgan fingerprint density at radius 3 is 2.46 bits per heavy atom. The van der Waals surface area contributed by atoms with Crippen molar-refractivity contribution in [3.05, 3.63) is 11.8 Å². The molecule has 0 bridgehead atoms. The maximum Gasteiger partial charge on any atom is 0.227 e. The Morgan fingerprint density at radius 1 is 1.08 bits per heavy atom. The molecular formula is C18H32N6. The molecule has 6 heteroatoms. The topological polar surface area (TPSA) is 47.5 Å². The number of nitrogens with zero attached hydrogens (tertiary/aromatic N) is 5. The van der Waals surface area contributed by atoms with Crippen molar-refractivity contribution in [3.8, 4) is 0 Å². The number of likely N-dealkylation sites (N-methyl/N-ethyl adjacent to an activating group) is 1. The van der Waals surface area contributed by atoms with Crippen molar-refractivity contribution in [2.45, 2.75) is 38.6 Å². The molecule has 0 saturated carbocycles. The van der Waals surface area contributed by atoms with E-state index in [-0.39, 0.29) is 0 Å². The van der Waals surface area contributed by atoms with Crippen molar-refractivity contribution < 1.29 is 0 Å². The van der Waals surface area contributed by atoms with E-state index in [0.29, 0.717) is 6.04 Å². The summed E-state index contributed by atoms with van der Waals surface area (Å²) in [4.78, 5) is 16.5. The molecule has 0 aromatic carbocycles. The smallest absolute Gasteiger partial charge is 0.227 e. The Hall–Kier alpha value is -1.40. The van der Waals surface area contributed by atoms with Gasteiger partial charge in [-0.3, -0.25) is 0 Å². The molecule has 2 saturated heterocycles. The highest BCUT2D eigenvalue weighted by molar-refractivity contribution is 5.46. The number of nitrogens with one attached hydrogen (secondary N) is 1. The minimum absolute atomic E-state index is 0.641. The molecular weight excluding hydrogens is 300 g/mol. The normalized spacial score (nSPS) is 19.5. The van der Waals surface area contributed by atoms with Gasteiger partial charge in [0, 0.05) is 57.1 Å². The molecule has 134 valence electrons. The number of hydrogen-bond acceptors (Lipinski definition) is 6. The van der Waals surface area contributed by atoms with Gasteiger partial charge in [0.1, 0.15) is 5.82 Å². The molecule has 0 amide bonds. The number of aryl methyl sites for hydroxylation is 1. The molecule has 1 aromatic heterocycles. The van der Waals surface area contributed by atoms with E-state index in [2.05, 4.69) is 52.1 Å². The van der Waals surface area contributed by atoms with E-state index in [1.165, 1.54) is 25.7 Å². The van der Waals surface area contributed by atoms with Crippen LogP contribution in [-0.2, 0) is 0 Å². The molecule has 0 spiro atoms. The molecule has 6 nitrogen and oxygen atoms in total. The molecule has 1 aromatic rings. The zero-order chi connectivity index (χ0) is 16.9. The second kappa shape index (κ2) is 8.12. The third kappa shape index (κ3) is 4.57. The Balaban J connectivity index is 1.56. The third-order valence-corrected chi connectivity index (χ3v) is 5.03. The van der Waals surface area contributed by atoms with E-state index in [1.807, 2.05) is 0 Å². The molecule has 1 N–H and O–H groups in total. The molecule has 0 unspecified atom stereocenters. The van der Waals surface area contributed by atoms with Crippen LogP contribution in [0.15, 0.2) is 6.07 Å². The molecule has 0 radical (unpaired) electrons. The highest BCUT2D eigenvalue weighted by atomic mass is 15.3. The number of piperidine rings is 1. The summed E-state index contributed by atoms with van der Waals surface area (Å²) in [5.74, 6) is 2.03. The minimum Gasteiger partial charge on any atom is -0.356 e. The van der Waals surface area contributed by atoms with Gasteiger partial charge in [-0.25, -0.2) is 4.98 Å². The van der Waals surface area contributed by atoms with E-state index >= 15 is 0 Å². The first-order chi connectivity index (χ1) is 11.6. The molecule has 2 aliphatic rings. The third-order valence-electron chi connectivity index (χ3n) is 5.03. The van der Waals surface area contributed by atoms with Crippen molar-refractivity contribution in [2.24, 2.45) is 0 Å². The van der Waals surface area contributed by atoms with Crippen LogP contribution < -0.4 is 15.1 Å². The predicted molar refractivity (Wildman–Crippen MR) is 100 cm³/mol. The van der Waals surface area contributed by atoms with Crippen molar-refractivity contribution in [2.75, 3.05) is 63.2 Å². The molecule has 24 heavy (non-hydrogen) atoms. The van der Waals surface area contributed by atoms with Gasteiger partial charge in [0.15, 0.2) is 0 Å². The lowest BCUT2D eigenvalue weighted by Crippen LogP contribution is -2.44. The summed E-state index contributed by atoms with van der Waals surface area (Å²) in [6, 6.07) is 2.78. The molecule has 0 aliphatic carbocycles. The van der Waals surface area contributed by atoms with Gasteiger partial charge in [-0.2, -0.15) is 4.98 Å². The van der Waals surface area contributed by atoms with Gasteiger partial charge in [0.05, 0.1) is 0 Å². The van der Waals surface area contributed by atoms with Gasteiger partial charge in [-0.15, -0.1) is 0 Å². The quantitative estimate of drug-likeness (QED) is 0.852. The summed E-state index contributed by atoms with van der Waals surface area (Å²) < 4.78 is 0. The van der Waals surface area contributed by atoms with Gasteiger partial charge < -0.3 is 20.0 Å². The van der Waals surface area contributed by atoms with Gasteiger partial charge in [0.25, 0.3) is 0 Å². The zero-order valence-corrected chi connectivity index (χ0v) is 15.5. The van der Waals surface area contributed by atoms with Gasteiger partial charge in [-0.1, -0.05) is 0 Å². The van der Waals surface area contributed by atoms with Crippen molar-refractivity contribution in [1.29, 1.82) is 0 Å². The SMILES string of the molecule is Cc1cc(N2CCC(NCCN(C)C)CC2)nc(N2CCCC2)n1. The summed E-state index contributed by atoms with van der Waals surface area (Å²) in [5, 5.41) is 3.68. The molecule has 2 fully saturated rings. The van der Waals surface area contributed by atoms with Crippen LogP contribution in [0.1, 0.15) is 31.4 Å². The first-order valence-electron chi connectivity index (χ1n) is 9.35. The summed E-state index contributed by atoms with van der Waals surface area (Å²) in [6.45, 7) is 8.61. The van der Waals surface area contributed by atoms with Gasteiger partial charge >= 0.3 is 0 Å². The lowest BCUT2D eigenvalue weighted by atomic mass is 10.1. The standard InChI is InChI=1S/C18H32N6/c1-15-14-17(21-18(20-15)24-9-4-5-10-24)23-11-6-16(7-12-23)19-8-13-22(2)3/h14,16,19H,4-13H2,1-3H3. The number of aromatic nitrogens is 2. The van der Waals surface area contributed by atoms with Crippen LogP contribution in [0.3, 0.4) is 0 Å². The van der Waals surface area contributed by atoms with Crippen LogP contribution in [0.2, 0.25) is 0 Å².